The number of methoxy groups -OCH3 is 1. The van der Waals surface area contributed by atoms with Crippen LogP contribution in [0.5, 0.6) is 5.75 Å². The van der Waals surface area contributed by atoms with Crippen molar-refractivity contribution < 1.29 is 14.2 Å². The molecular formula is C19H30IN3O3. The molecule has 1 aromatic carbocycles. The third-order valence-electron chi connectivity index (χ3n) is 4.91. The molecule has 0 spiro atoms. The lowest BCUT2D eigenvalue weighted by atomic mass is 10.1. The highest BCUT2D eigenvalue weighted by Gasteiger charge is 2.32. The summed E-state index contributed by atoms with van der Waals surface area (Å²) >= 11 is 0. The van der Waals surface area contributed by atoms with Crippen LogP contribution in [0.4, 0.5) is 0 Å². The minimum atomic E-state index is 0. The molecule has 1 N–H and O–H groups in total. The number of halogens is 1. The maximum atomic E-state index is 5.93. The molecule has 146 valence electrons. The van der Waals surface area contributed by atoms with Gasteiger partial charge < -0.3 is 24.4 Å². The number of aryl methyl sites for hydroxylation is 1. The van der Waals surface area contributed by atoms with Crippen LogP contribution in [0.2, 0.25) is 0 Å². The second kappa shape index (κ2) is 10.3. The van der Waals surface area contributed by atoms with E-state index in [9.17, 15) is 0 Å². The van der Waals surface area contributed by atoms with Crippen LogP contribution in [0.25, 0.3) is 0 Å². The minimum Gasteiger partial charge on any atom is -0.496 e. The first-order valence-electron chi connectivity index (χ1n) is 9.03. The van der Waals surface area contributed by atoms with E-state index < -0.39 is 0 Å². The van der Waals surface area contributed by atoms with E-state index >= 15 is 0 Å². The molecule has 26 heavy (non-hydrogen) atoms. The lowest BCUT2D eigenvalue weighted by molar-refractivity contribution is -0.0817. The fourth-order valence-corrected chi connectivity index (χ4v) is 3.48. The molecule has 0 amide bonds. The lowest BCUT2D eigenvalue weighted by Crippen LogP contribution is -2.53. The van der Waals surface area contributed by atoms with Gasteiger partial charge in [0.25, 0.3) is 0 Å². The van der Waals surface area contributed by atoms with Gasteiger partial charge in [-0.25, -0.2) is 0 Å². The normalized spacial score (nSPS) is 23.5. The van der Waals surface area contributed by atoms with E-state index in [0.29, 0.717) is 13.2 Å². The third-order valence-corrected chi connectivity index (χ3v) is 4.91. The molecule has 2 saturated heterocycles. The zero-order valence-electron chi connectivity index (χ0n) is 15.9. The van der Waals surface area contributed by atoms with Crippen LogP contribution in [0.3, 0.4) is 0 Å². The van der Waals surface area contributed by atoms with Crippen LogP contribution in [0.15, 0.2) is 23.2 Å². The molecule has 0 aliphatic carbocycles. The topological polar surface area (TPSA) is 55.3 Å². The molecule has 0 saturated carbocycles. The van der Waals surface area contributed by atoms with Gasteiger partial charge in [-0.15, -0.1) is 24.0 Å². The van der Waals surface area contributed by atoms with E-state index in [0.717, 1.165) is 49.8 Å². The van der Waals surface area contributed by atoms with Crippen LogP contribution < -0.4 is 10.1 Å². The first-order chi connectivity index (χ1) is 12.2. The molecule has 7 heteroatoms. The lowest BCUT2D eigenvalue weighted by Gasteiger charge is -2.37. The van der Waals surface area contributed by atoms with Gasteiger partial charge in [0.2, 0.25) is 0 Å². The summed E-state index contributed by atoms with van der Waals surface area (Å²) in [4.78, 5) is 6.72. The fourth-order valence-electron chi connectivity index (χ4n) is 3.48. The molecule has 3 rings (SSSR count). The van der Waals surface area contributed by atoms with Crippen LogP contribution >= 0.6 is 24.0 Å². The average Bonchev–Trinajstić information content (AvgIpc) is 3.18. The number of hydrogen-bond donors (Lipinski definition) is 1. The molecule has 2 aliphatic heterocycles. The Labute approximate surface area is 173 Å². The Balaban J connectivity index is 0.00000243. The number of morpholine rings is 1. The number of benzene rings is 1. The number of nitrogens with one attached hydrogen (secondary N) is 1. The van der Waals surface area contributed by atoms with E-state index in [2.05, 4.69) is 33.4 Å². The maximum absolute atomic E-state index is 5.93. The van der Waals surface area contributed by atoms with Crippen molar-refractivity contribution in [3.8, 4) is 5.75 Å². The van der Waals surface area contributed by atoms with Crippen LogP contribution in [0.1, 0.15) is 24.0 Å². The van der Waals surface area contributed by atoms with Crippen molar-refractivity contribution in [3.05, 3.63) is 29.3 Å². The van der Waals surface area contributed by atoms with Crippen molar-refractivity contribution in [2.75, 3.05) is 40.5 Å². The first kappa shape index (κ1) is 21.2. The molecule has 2 unspecified atom stereocenters. The van der Waals surface area contributed by atoms with Gasteiger partial charge >= 0.3 is 0 Å². The number of nitrogens with zero attached hydrogens (tertiary/aromatic N) is 2. The van der Waals surface area contributed by atoms with Crippen molar-refractivity contribution >= 4 is 29.9 Å². The Bertz CT molecular complexity index is 606. The highest BCUT2D eigenvalue weighted by molar-refractivity contribution is 14.0. The zero-order chi connectivity index (χ0) is 17.6. The Morgan fingerprint density at radius 1 is 1.31 bits per heavy atom. The van der Waals surface area contributed by atoms with Crippen molar-refractivity contribution in [2.24, 2.45) is 4.99 Å². The van der Waals surface area contributed by atoms with Crippen LogP contribution in [-0.4, -0.2) is 63.5 Å². The van der Waals surface area contributed by atoms with E-state index in [4.69, 9.17) is 14.2 Å². The molecular weight excluding hydrogens is 445 g/mol. The average molecular weight is 475 g/mol. The Kier molecular flexibility index (Phi) is 8.43. The van der Waals surface area contributed by atoms with Gasteiger partial charge in [0.1, 0.15) is 11.9 Å². The zero-order valence-corrected chi connectivity index (χ0v) is 18.2. The summed E-state index contributed by atoms with van der Waals surface area (Å²) in [5.41, 5.74) is 2.32. The Hall–Kier alpha value is -1.06. The predicted octanol–water partition coefficient (Wildman–Crippen LogP) is 2.58. The number of rotatable bonds is 4. The third kappa shape index (κ3) is 5.23. The molecule has 2 aliphatic rings. The number of hydrogen-bond acceptors (Lipinski definition) is 4. The van der Waals surface area contributed by atoms with Crippen molar-refractivity contribution in [1.29, 1.82) is 0 Å². The van der Waals surface area contributed by atoms with Gasteiger partial charge in [-0.05, 0) is 37.0 Å². The summed E-state index contributed by atoms with van der Waals surface area (Å²) in [5.74, 6) is 1.82. The van der Waals surface area contributed by atoms with Gasteiger partial charge in [-0.2, -0.15) is 0 Å². The van der Waals surface area contributed by atoms with Gasteiger partial charge in [0, 0.05) is 33.3 Å². The molecule has 2 atom stereocenters. The van der Waals surface area contributed by atoms with Crippen molar-refractivity contribution in [3.63, 3.8) is 0 Å². The standard InChI is InChI=1S/C19H29N3O3.HI/c1-14-6-7-15(11-17(14)23-3)12-21-19(20-2)22-8-10-25-18(13-22)16-5-4-9-24-16;/h6-7,11,16,18H,4-5,8-10,12-13H2,1-3H3,(H,20,21);1H. The van der Waals surface area contributed by atoms with Gasteiger partial charge in [-0.3, -0.25) is 4.99 Å². The summed E-state index contributed by atoms with van der Waals surface area (Å²) < 4.78 is 17.1. The van der Waals surface area contributed by atoms with Gasteiger partial charge in [-0.1, -0.05) is 12.1 Å². The first-order valence-corrected chi connectivity index (χ1v) is 9.03. The molecule has 0 aromatic heterocycles. The summed E-state index contributed by atoms with van der Waals surface area (Å²) in [6.45, 7) is 6.00. The van der Waals surface area contributed by atoms with E-state index in [1.54, 1.807) is 7.11 Å². The molecule has 0 bridgehead atoms. The largest absolute Gasteiger partial charge is 0.496 e. The van der Waals surface area contributed by atoms with Gasteiger partial charge in [0.05, 0.1) is 19.8 Å². The fraction of sp³-hybridized carbons (Fsp3) is 0.632. The monoisotopic (exact) mass is 475 g/mol. The summed E-state index contributed by atoms with van der Waals surface area (Å²) in [6.07, 6.45) is 2.58. The maximum Gasteiger partial charge on any atom is 0.194 e. The molecule has 2 fully saturated rings. The SMILES string of the molecule is CN=C(NCc1ccc(C)c(OC)c1)N1CCOC(C2CCCO2)C1.I. The smallest absolute Gasteiger partial charge is 0.194 e. The molecule has 1 aromatic rings. The van der Waals surface area contributed by atoms with E-state index in [-0.39, 0.29) is 36.2 Å². The Morgan fingerprint density at radius 3 is 2.81 bits per heavy atom. The second-order valence-corrected chi connectivity index (χ2v) is 6.61. The molecule has 2 heterocycles. The van der Waals surface area contributed by atoms with Crippen LogP contribution in [0, 0.1) is 6.92 Å². The second-order valence-electron chi connectivity index (χ2n) is 6.61. The van der Waals surface area contributed by atoms with Crippen molar-refractivity contribution in [1.82, 2.24) is 10.2 Å². The minimum absolute atomic E-state index is 0. The summed E-state index contributed by atoms with van der Waals surface area (Å²) in [6, 6.07) is 6.28. The molecule has 0 radical (unpaired) electrons. The number of aliphatic imine (C=N–C) groups is 1. The van der Waals surface area contributed by atoms with Crippen LogP contribution in [-0.2, 0) is 16.0 Å². The van der Waals surface area contributed by atoms with E-state index in [1.807, 2.05) is 14.0 Å². The van der Waals surface area contributed by atoms with Gasteiger partial charge in [0.15, 0.2) is 5.96 Å². The quantitative estimate of drug-likeness (QED) is 0.412. The van der Waals surface area contributed by atoms with Crippen molar-refractivity contribution in [2.45, 2.75) is 38.5 Å². The molecule has 6 nitrogen and oxygen atoms in total. The Morgan fingerprint density at radius 2 is 2.12 bits per heavy atom. The van der Waals surface area contributed by atoms with E-state index in [1.165, 1.54) is 5.56 Å². The highest BCUT2D eigenvalue weighted by atomic mass is 127. The summed E-state index contributed by atoms with van der Waals surface area (Å²) in [5, 5.41) is 3.46. The predicted molar refractivity (Wildman–Crippen MR) is 114 cm³/mol. The number of guanidine groups is 1. The highest BCUT2D eigenvalue weighted by Crippen LogP contribution is 2.21. The number of ether oxygens (including phenoxy) is 3. The summed E-state index contributed by atoms with van der Waals surface area (Å²) in [7, 11) is 3.53.